The highest BCUT2D eigenvalue weighted by atomic mass is 127. The van der Waals surface area contributed by atoms with Gasteiger partial charge in [0.1, 0.15) is 0 Å². The van der Waals surface area contributed by atoms with Crippen LogP contribution in [0.25, 0.3) is 0 Å². The summed E-state index contributed by atoms with van der Waals surface area (Å²) >= 11 is 2.28. The lowest BCUT2D eigenvalue weighted by Crippen LogP contribution is -2.13. The molecule has 1 aromatic carbocycles. The third kappa shape index (κ3) is 2.79. The standard InChI is InChI=1S/C11H13IN4/c1-16-7-10(14-15-16)6-11(13)8-2-4-9(12)5-3-8/h2-5,7,11H,6,13H2,1H3. The molecule has 0 bridgehead atoms. The maximum atomic E-state index is 6.11. The molecule has 0 radical (unpaired) electrons. The molecule has 16 heavy (non-hydrogen) atoms. The summed E-state index contributed by atoms with van der Waals surface area (Å²) < 4.78 is 2.91. The van der Waals surface area contributed by atoms with Gasteiger partial charge in [-0.2, -0.15) is 0 Å². The van der Waals surface area contributed by atoms with Gasteiger partial charge in [-0.3, -0.25) is 4.68 Å². The summed E-state index contributed by atoms with van der Waals surface area (Å²) in [4.78, 5) is 0. The number of hydrogen-bond donors (Lipinski definition) is 1. The van der Waals surface area contributed by atoms with Gasteiger partial charge in [0, 0.05) is 29.3 Å². The van der Waals surface area contributed by atoms with Crippen LogP contribution in [-0.2, 0) is 13.5 Å². The molecule has 0 amide bonds. The zero-order valence-electron chi connectivity index (χ0n) is 8.97. The number of halogens is 1. The minimum absolute atomic E-state index is 0.0197. The van der Waals surface area contributed by atoms with Crippen molar-refractivity contribution < 1.29 is 0 Å². The van der Waals surface area contributed by atoms with Crippen LogP contribution in [-0.4, -0.2) is 15.0 Å². The van der Waals surface area contributed by atoms with E-state index in [4.69, 9.17) is 5.73 Å². The average molecular weight is 328 g/mol. The highest BCUT2D eigenvalue weighted by molar-refractivity contribution is 14.1. The number of aryl methyl sites for hydroxylation is 1. The van der Waals surface area contributed by atoms with Gasteiger partial charge in [0.15, 0.2) is 0 Å². The van der Waals surface area contributed by atoms with Crippen LogP contribution in [0.3, 0.4) is 0 Å². The Kier molecular flexibility index (Phi) is 3.55. The van der Waals surface area contributed by atoms with Crippen molar-refractivity contribution >= 4 is 22.6 Å². The van der Waals surface area contributed by atoms with Crippen LogP contribution >= 0.6 is 22.6 Å². The lowest BCUT2D eigenvalue weighted by molar-refractivity contribution is 0.694. The predicted molar refractivity (Wildman–Crippen MR) is 70.8 cm³/mol. The minimum Gasteiger partial charge on any atom is -0.324 e. The van der Waals surface area contributed by atoms with Crippen molar-refractivity contribution in [2.45, 2.75) is 12.5 Å². The summed E-state index contributed by atoms with van der Waals surface area (Å²) in [5.41, 5.74) is 8.16. The van der Waals surface area contributed by atoms with Crippen molar-refractivity contribution in [2.75, 3.05) is 0 Å². The zero-order valence-corrected chi connectivity index (χ0v) is 11.1. The van der Waals surface area contributed by atoms with Crippen molar-refractivity contribution in [3.05, 3.63) is 45.3 Å². The van der Waals surface area contributed by atoms with Gasteiger partial charge in [-0.05, 0) is 40.3 Å². The summed E-state index contributed by atoms with van der Waals surface area (Å²) in [7, 11) is 1.85. The molecule has 1 unspecified atom stereocenters. The Labute approximate surface area is 108 Å². The highest BCUT2D eigenvalue weighted by Crippen LogP contribution is 2.16. The Bertz CT molecular complexity index is 463. The van der Waals surface area contributed by atoms with Gasteiger partial charge in [0.2, 0.25) is 0 Å². The predicted octanol–water partition coefficient (Wildman–Crippen LogP) is 1.66. The van der Waals surface area contributed by atoms with Crippen molar-refractivity contribution in [1.82, 2.24) is 15.0 Å². The van der Waals surface area contributed by atoms with Crippen LogP contribution in [0.15, 0.2) is 30.5 Å². The number of benzene rings is 1. The maximum Gasteiger partial charge on any atom is 0.0845 e. The van der Waals surface area contributed by atoms with Crippen LogP contribution in [0.5, 0.6) is 0 Å². The molecule has 5 heteroatoms. The Balaban J connectivity index is 2.08. The first-order chi connectivity index (χ1) is 7.65. The third-order valence-corrected chi connectivity index (χ3v) is 3.10. The molecule has 0 spiro atoms. The third-order valence-electron chi connectivity index (χ3n) is 2.38. The summed E-state index contributed by atoms with van der Waals surface area (Å²) in [6.07, 6.45) is 2.61. The first-order valence-corrected chi connectivity index (χ1v) is 6.09. The average Bonchev–Trinajstić information content (AvgIpc) is 2.65. The van der Waals surface area contributed by atoms with E-state index in [0.717, 1.165) is 11.3 Å². The fourth-order valence-corrected chi connectivity index (χ4v) is 1.90. The molecule has 0 aliphatic carbocycles. The summed E-state index contributed by atoms with van der Waals surface area (Å²) in [6, 6.07) is 8.22. The van der Waals surface area contributed by atoms with Gasteiger partial charge in [0.05, 0.1) is 5.69 Å². The Morgan fingerprint density at radius 3 is 2.62 bits per heavy atom. The molecule has 2 aromatic rings. The SMILES string of the molecule is Cn1cc(CC(N)c2ccc(I)cc2)nn1. The summed E-state index contributed by atoms with van der Waals surface area (Å²) in [5, 5.41) is 7.92. The fourth-order valence-electron chi connectivity index (χ4n) is 1.54. The first-order valence-electron chi connectivity index (χ1n) is 5.01. The second-order valence-corrected chi connectivity index (χ2v) is 4.99. The molecule has 0 aliphatic rings. The maximum absolute atomic E-state index is 6.11. The van der Waals surface area contributed by atoms with Crippen molar-refractivity contribution in [3.8, 4) is 0 Å². The highest BCUT2D eigenvalue weighted by Gasteiger charge is 2.09. The van der Waals surface area contributed by atoms with Crippen molar-refractivity contribution in [1.29, 1.82) is 0 Å². The molecule has 0 saturated carbocycles. The van der Waals surface area contributed by atoms with E-state index in [9.17, 15) is 0 Å². The molecular weight excluding hydrogens is 315 g/mol. The van der Waals surface area contributed by atoms with Gasteiger partial charge >= 0.3 is 0 Å². The van der Waals surface area contributed by atoms with E-state index >= 15 is 0 Å². The molecule has 0 aliphatic heterocycles. The number of hydrogen-bond acceptors (Lipinski definition) is 3. The van der Waals surface area contributed by atoms with Gasteiger partial charge < -0.3 is 5.73 Å². The number of aromatic nitrogens is 3. The Hall–Kier alpha value is -0.950. The molecule has 84 valence electrons. The van der Waals surface area contributed by atoms with E-state index in [1.165, 1.54) is 3.57 Å². The van der Waals surface area contributed by atoms with E-state index in [2.05, 4.69) is 57.2 Å². The zero-order chi connectivity index (χ0) is 11.5. The van der Waals surface area contributed by atoms with E-state index in [0.29, 0.717) is 6.42 Å². The second-order valence-electron chi connectivity index (χ2n) is 3.75. The van der Waals surface area contributed by atoms with Crippen molar-refractivity contribution in [3.63, 3.8) is 0 Å². The lowest BCUT2D eigenvalue weighted by Gasteiger charge is -2.09. The Morgan fingerprint density at radius 2 is 2.06 bits per heavy atom. The molecule has 4 nitrogen and oxygen atoms in total. The van der Waals surface area contributed by atoms with Crippen LogP contribution in [0, 0.1) is 3.57 Å². The molecule has 1 aromatic heterocycles. The van der Waals surface area contributed by atoms with Gasteiger partial charge in [-0.15, -0.1) is 5.10 Å². The molecule has 2 rings (SSSR count). The number of nitrogens with two attached hydrogens (primary N) is 1. The molecule has 1 heterocycles. The monoisotopic (exact) mass is 328 g/mol. The fraction of sp³-hybridized carbons (Fsp3) is 0.273. The van der Waals surface area contributed by atoms with Gasteiger partial charge in [0.25, 0.3) is 0 Å². The lowest BCUT2D eigenvalue weighted by atomic mass is 10.0. The van der Waals surface area contributed by atoms with E-state index in [1.54, 1.807) is 4.68 Å². The summed E-state index contributed by atoms with van der Waals surface area (Å²) in [6.45, 7) is 0. The Morgan fingerprint density at radius 1 is 1.38 bits per heavy atom. The first kappa shape index (κ1) is 11.5. The van der Waals surface area contributed by atoms with E-state index < -0.39 is 0 Å². The number of rotatable bonds is 3. The smallest absolute Gasteiger partial charge is 0.0845 e. The van der Waals surface area contributed by atoms with E-state index in [1.807, 2.05) is 13.2 Å². The molecule has 0 fully saturated rings. The van der Waals surface area contributed by atoms with Crippen LogP contribution in [0.2, 0.25) is 0 Å². The van der Waals surface area contributed by atoms with Gasteiger partial charge in [-0.1, -0.05) is 17.3 Å². The molecule has 1 atom stereocenters. The molecule has 0 saturated heterocycles. The summed E-state index contributed by atoms with van der Waals surface area (Å²) in [5.74, 6) is 0. The van der Waals surface area contributed by atoms with Gasteiger partial charge in [-0.25, -0.2) is 0 Å². The quantitative estimate of drug-likeness (QED) is 0.872. The van der Waals surface area contributed by atoms with Crippen LogP contribution < -0.4 is 5.73 Å². The molecular formula is C11H13IN4. The second kappa shape index (κ2) is 4.92. The number of nitrogens with zero attached hydrogens (tertiary/aromatic N) is 3. The van der Waals surface area contributed by atoms with E-state index in [-0.39, 0.29) is 6.04 Å². The largest absolute Gasteiger partial charge is 0.324 e. The normalized spacial score (nSPS) is 12.7. The van der Waals surface area contributed by atoms with Crippen LogP contribution in [0.1, 0.15) is 17.3 Å². The topological polar surface area (TPSA) is 56.7 Å². The molecule has 2 N–H and O–H groups in total. The van der Waals surface area contributed by atoms with Crippen molar-refractivity contribution in [2.24, 2.45) is 12.8 Å². The minimum atomic E-state index is -0.0197. The van der Waals surface area contributed by atoms with Crippen LogP contribution in [0.4, 0.5) is 0 Å².